The second-order valence-electron chi connectivity index (χ2n) is 6.86. The number of hydrogen-bond donors (Lipinski definition) is 1. The average molecular weight is 391 g/mol. The van der Waals surface area contributed by atoms with Gasteiger partial charge in [-0.3, -0.25) is 9.59 Å². The van der Waals surface area contributed by atoms with E-state index in [1.54, 1.807) is 36.5 Å². The Hall–Kier alpha value is -1.94. The molecule has 0 heterocycles. The topological polar surface area (TPSA) is 63.6 Å². The molecular weight excluding hydrogens is 352 g/mol. The number of carbonyl (C=O) groups excluding carboxylic acids is 2. The van der Waals surface area contributed by atoms with Crippen LogP contribution in [0.25, 0.3) is 0 Å². The minimum Gasteiger partial charge on any atom is -0.469 e. The molecule has 0 rings (SSSR count). The minimum atomic E-state index is -0.586. The fourth-order valence-corrected chi connectivity index (χ4v) is 2.57. The highest BCUT2D eigenvalue weighted by Gasteiger charge is 2.02. The second kappa shape index (κ2) is 19.8. The molecule has 0 saturated heterocycles. The zero-order chi connectivity index (χ0) is 20.9. The Morgan fingerprint density at radius 3 is 2.39 bits per heavy atom. The number of aliphatic hydroxyl groups is 1. The Morgan fingerprint density at radius 1 is 0.929 bits per heavy atom. The van der Waals surface area contributed by atoms with Gasteiger partial charge in [-0.2, -0.15) is 0 Å². The molecule has 0 aliphatic heterocycles. The van der Waals surface area contributed by atoms with Crippen LogP contribution in [0.15, 0.2) is 48.6 Å². The SMILES string of the molecule is CCCCCCCCC=CCC(=O)C=CC=CC=CC(O)CCCC(=O)OC. The third kappa shape index (κ3) is 18.8. The van der Waals surface area contributed by atoms with Crippen LogP contribution in [0.3, 0.4) is 0 Å². The summed E-state index contributed by atoms with van der Waals surface area (Å²) in [4.78, 5) is 22.7. The maximum atomic E-state index is 11.7. The van der Waals surface area contributed by atoms with Gasteiger partial charge in [0, 0.05) is 12.8 Å². The van der Waals surface area contributed by atoms with Gasteiger partial charge >= 0.3 is 5.97 Å². The highest BCUT2D eigenvalue weighted by Crippen LogP contribution is 2.07. The molecule has 0 radical (unpaired) electrons. The average Bonchev–Trinajstić information content (AvgIpc) is 2.69. The quantitative estimate of drug-likeness (QED) is 0.115. The van der Waals surface area contributed by atoms with E-state index in [1.165, 1.54) is 45.6 Å². The molecule has 158 valence electrons. The van der Waals surface area contributed by atoms with Crippen LogP contribution in [0.1, 0.15) is 77.6 Å². The van der Waals surface area contributed by atoms with Crippen LogP contribution in [0.4, 0.5) is 0 Å². The molecule has 4 heteroatoms. The largest absolute Gasteiger partial charge is 0.469 e. The molecule has 4 nitrogen and oxygen atoms in total. The van der Waals surface area contributed by atoms with Gasteiger partial charge in [0.15, 0.2) is 5.78 Å². The number of allylic oxidation sites excluding steroid dienone is 7. The summed E-state index contributed by atoms with van der Waals surface area (Å²) in [6.45, 7) is 2.23. The lowest BCUT2D eigenvalue weighted by atomic mass is 10.1. The van der Waals surface area contributed by atoms with E-state index >= 15 is 0 Å². The van der Waals surface area contributed by atoms with Crippen LogP contribution >= 0.6 is 0 Å². The van der Waals surface area contributed by atoms with Crippen molar-refractivity contribution in [2.75, 3.05) is 7.11 Å². The van der Waals surface area contributed by atoms with Crippen molar-refractivity contribution >= 4 is 11.8 Å². The van der Waals surface area contributed by atoms with Crippen LogP contribution < -0.4 is 0 Å². The summed E-state index contributed by atoms with van der Waals surface area (Å²) in [7, 11) is 1.36. The lowest BCUT2D eigenvalue weighted by Crippen LogP contribution is -2.05. The van der Waals surface area contributed by atoms with Crippen LogP contribution in [0.5, 0.6) is 0 Å². The number of unbranched alkanes of at least 4 members (excludes halogenated alkanes) is 6. The first-order valence-corrected chi connectivity index (χ1v) is 10.5. The summed E-state index contributed by atoms with van der Waals surface area (Å²) < 4.78 is 4.55. The molecule has 0 aromatic carbocycles. The van der Waals surface area contributed by atoms with E-state index in [-0.39, 0.29) is 11.8 Å². The number of esters is 1. The van der Waals surface area contributed by atoms with E-state index in [0.717, 1.165) is 6.42 Å². The predicted molar refractivity (Wildman–Crippen MR) is 116 cm³/mol. The van der Waals surface area contributed by atoms with Gasteiger partial charge in [0.2, 0.25) is 0 Å². The van der Waals surface area contributed by atoms with Crippen molar-refractivity contribution in [1.29, 1.82) is 0 Å². The van der Waals surface area contributed by atoms with Crippen molar-refractivity contribution in [1.82, 2.24) is 0 Å². The number of carbonyl (C=O) groups is 2. The molecule has 1 unspecified atom stereocenters. The Bertz CT molecular complexity index is 515. The molecule has 1 atom stereocenters. The molecule has 0 aromatic heterocycles. The molecule has 0 fully saturated rings. The van der Waals surface area contributed by atoms with Crippen LogP contribution in [0.2, 0.25) is 0 Å². The molecule has 28 heavy (non-hydrogen) atoms. The van der Waals surface area contributed by atoms with Crippen molar-refractivity contribution in [2.24, 2.45) is 0 Å². The standard InChI is InChI=1S/C24H38O4/c1-3-4-5-6-7-8-9-10-13-17-22(25)18-14-11-12-15-19-23(26)20-16-21-24(27)28-2/h10-15,18-19,23,26H,3-9,16-17,20-21H2,1-2H3. The van der Waals surface area contributed by atoms with E-state index < -0.39 is 6.10 Å². The summed E-state index contributed by atoms with van der Waals surface area (Å²) in [6.07, 6.45) is 24.3. The first-order chi connectivity index (χ1) is 13.6. The number of aliphatic hydroxyl groups excluding tert-OH is 1. The monoisotopic (exact) mass is 390 g/mol. The summed E-state index contributed by atoms with van der Waals surface area (Å²) >= 11 is 0. The minimum absolute atomic E-state index is 0.0793. The Morgan fingerprint density at radius 2 is 1.64 bits per heavy atom. The summed E-state index contributed by atoms with van der Waals surface area (Å²) in [6, 6.07) is 0. The molecule has 1 N–H and O–H groups in total. The molecular formula is C24H38O4. The van der Waals surface area contributed by atoms with Crippen molar-refractivity contribution in [3.8, 4) is 0 Å². The van der Waals surface area contributed by atoms with Gasteiger partial charge in [-0.05, 0) is 31.8 Å². The Labute approximate surface area is 171 Å². The van der Waals surface area contributed by atoms with Crippen molar-refractivity contribution in [3.05, 3.63) is 48.6 Å². The van der Waals surface area contributed by atoms with Crippen molar-refractivity contribution < 1.29 is 19.4 Å². The lowest BCUT2D eigenvalue weighted by molar-refractivity contribution is -0.140. The molecule has 0 spiro atoms. The number of methoxy groups -OCH3 is 1. The van der Waals surface area contributed by atoms with Crippen molar-refractivity contribution in [2.45, 2.75) is 83.7 Å². The van der Waals surface area contributed by atoms with E-state index in [0.29, 0.717) is 25.7 Å². The molecule has 0 amide bonds. The third-order valence-corrected chi connectivity index (χ3v) is 4.27. The van der Waals surface area contributed by atoms with Crippen LogP contribution in [-0.2, 0) is 14.3 Å². The molecule has 0 aliphatic rings. The maximum absolute atomic E-state index is 11.7. The van der Waals surface area contributed by atoms with Gasteiger partial charge < -0.3 is 9.84 Å². The normalized spacial score (nSPS) is 13.2. The van der Waals surface area contributed by atoms with Crippen LogP contribution in [-0.4, -0.2) is 30.1 Å². The fraction of sp³-hybridized carbons (Fsp3) is 0.583. The molecule has 0 aliphatic carbocycles. The Balaban J connectivity index is 3.77. The van der Waals surface area contributed by atoms with Gasteiger partial charge in [0.25, 0.3) is 0 Å². The highest BCUT2D eigenvalue weighted by molar-refractivity contribution is 5.90. The van der Waals surface area contributed by atoms with E-state index in [1.807, 2.05) is 6.08 Å². The van der Waals surface area contributed by atoms with Gasteiger partial charge in [-0.15, -0.1) is 0 Å². The zero-order valence-corrected chi connectivity index (χ0v) is 17.6. The lowest BCUT2D eigenvalue weighted by Gasteiger charge is -2.03. The third-order valence-electron chi connectivity index (χ3n) is 4.27. The van der Waals surface area contributed by atoms with E-state index in [9.17, 15) is 14.7 Å². The second-order valence-corrected chi connectivity index (χ2v) is 6.86. The van der Waals surface area contributed by atoms with E-state index in [2.05, 4.69) is 17.7 Å². The maximum Gasteiger partial charge on any atom is 0.305 e. The Kier molecular flexibility index (Phi) is 18.4. The number of rotatable bonds is 17. The van der Waals surface area contributed by atoms with Gasteiger partial charge in [-0.25, -0.2) is 0 Å². The predicted octanol–water partition coefficient (Wildman–Crippen LogP) is 5.63. The number of ether oxygens (including phenoxy) is 1. The zero-order valence-electron chi connectivity index (χ0n) is 17.6. The van der Waals surface area contributed by atoms with Crippen LogP contribution in [0, 0.1) is 0 Å². The van der Waals surface area contributed by atoms with Gasteiger partial charge in [0.05, 0.1) is 13.2 Å². The smallest absolute Gasteiger partial charge is 0.305 e. The van der Waals surface area contributed by atoms with Crippen molar-refractivity contribution in [3.63, 3.8) is 0 Å². The summed E-state index contributed by atoms with van der Waals surface area (Å²) in [5.74, 6) is -0.182. The summed E-state index contributed by atoms with van der Waals surface area (Å²) in [5, 5.41) is 9.74. The molecule has 0 bridgehead atoms. The van der Waals surface area contributed by atoms with E-state index in [4.69, 9.17) is 0 Å². The molecule has 0 aromatic rings. The van der Waals surface area contributed by atoms with Gasteiger partial charge in [-0.1, -0.05) is 81.6 Å². The number of ketones is 1. The first kappa shape index (κ1) is 26.1. The first-order valence-electron chi connectivity index (χ1n) is 10.5. The fourth-order valence-electron chi connectivity index (χ4n) is 2.57. The van der Waals surface area contributed by atoms with Gasteiger partial charge in [0.1, 0.15) is 0 Å². The highest BCUT2D eigenvalue weighted by atomic mass is 16.5. The molecule has 0 saturated carbocycles. The number of hydrogen-bond acceptors (Lipinski definition) is 4. The summed E-state index contributed by atoms with van der Waals surface area (Å²) in [5.41, 5.74) is 0.